The number of nitrogens with zero attached hydrogens (tertiary/aromatic N) is 19. The zero-order chi connectivity index (χ0) is 105. The Morgan fingerprint density at radius 1 is 0.365 bits per heavy atom. The minimum Gasteiger partial charge on any atom is -0.481 e. The molecule has 7 aromatic carbocycles. The molecule has 22 rings (SSSR count). The fourth-order valence-corrected chi connectivity index (χ4v) is 22.6. The molecule has 21 nitrogen and oxygen atoms in total. The number of benzene rings is 7. The number of aromatic nitrogens is 11. The lowest BCUT2D eigenvalue weighted by molar-refractivity contribution is 0.0983. The number of methoxy groups -OCH3 is 1. The monoisotopic (exact) mass is 2010 g/mol. The smallest absolute Gasteiger partial charge is 0.282 e. The standard InChI is InChI=1S/C20H24N2O.C19H25N3.C18H19N3.C18H22N2O.C17H21F2N3.C16H20ClN3.C16H21N3/c1-4-20(23)18-9-7-17(13-21-18)15-8-10-19-16(12-15)6-5-11-22(19)14(2)3;1-14(2)21-10-5-6-16-12-15(8-9-18(16)21)17-13-20-22-11-4-3-7-19(17)22;1-13(2)21-9-3-4-15-10-14(6-8-18(15)21)16-5-7-17(11-19)20-12-16;1-13(2)20-10-4-5-15-11-14(6-8-17(15)20)16-7-9-18(21-3)19-12-16;1-11(2)22-8-4-5-13-9-12(6-7-15(13)22)14-10-21(3)20-16(14)17(18)19;1-11(2)20-6-4-5-12-7-14(15(17)8-16(12)20)13-9-18-19(3)10-13;1-12(2)19-9-4-5-14-11-13(6-7-16(14)19)15-8-10-18(3)17-15/h7-10,12-14H,4-6,11H2,1-3H3;8-9,12-14H,3-7,10-11H2,1-2H3;5-8,10,12-13H,3-4,9H2,1-2H3;6-9,11-13H,4-5,10H2,1-3H3;6-7,9-11,17H,4-5,8H2,1-3H3;7-11H,4-6H2,1-3H3;6-8,10-12H,4-5,9H2,1-3H3. The van der Waals surface area contributed by atoms with Gasteiger partial charge in [-0.2, -0.15) is 25.7 Å². The first kappa shape index (κ1) is 107. The number of anilines is 7. The zero-order valence-electron chi connectivity index (χ0n) is 90.7. The molecule has 7 aromatic heterocycles. The van der Waals surface area contributed by atoms with Gasteiger partial charge in [0, 0.05) is 255 Å². The van der Waals surface area contributed by atoms with Crippen molar-refractivity contribution in [1.29, 1.82) is 5.26 Å². The predicted molar refractivity (Wildman–Crippen MR) is 607 cm³/mol. The Bertz CT molecular complexity index is 6880. The Kier molecular flexibility index (Phi) is 35.6. The van der Waals surface area contributed by atoms with Gasteiger partial charge in [-0.15, -0.1) is 0 Å². The maximum absolute atomic E-state index is 13.1. The van der Waals surface area contributed by atoms with Gasteiger partial charge in [0.15, 0.2) is 5.78 Å². The van der Waals surface area contributed by atoms with Crippen LogP contribution in [0.5, 0.6) is 5.88 Å². The summed E-state index contributed by atoms with van der Waals surface area (Å²) in [6.07, 6.45) is 33.2. The number of hydrogen-bond donors (Lipinski definition) is 0. The molecule has 14 aromatic rings. The van der Waals surface area contributed by atoms with Crippen molar-refractivity contribution in [3.05, 3.63) is 280 Å². The van der Waals surface area contributed by atoms with Crippen molar-refractivity contribution in [2.75, 3.05) is 87.2 Å². The van der Waals surface area contributed by atoms with E-state index < -0.39 is 6.43 Å². The van der Waals surface area contributed by atoms with Gasteiger partial charge in [0.2, 0.25) is 5.88 Å². The SMILES string of the molecule is CC(C)N1CCCc2cc(-c3ccc(C#N)nc3)ccc21.CC(C)N1CCCc2cc(-c3ccn(C)n3)ccc21.CC(C)N1CCCc2cc(-c3cn(C)nc3C(F)F)ccc21.CC(C)N1CCCc2cc(-c3cnn(C)c3)c(Cl)cc21.CC(C)N1CCCc2cc(-c3cnn4c3CCCC4)ccc21.CCC(=O)c1ccc(-c2ccc3c(c2)CCCN3C(C)C)cn1.COc1ccc(-c2ccc3c(c2)CCCN3C(C)C)cn1. The normalized spacial score (nSPS) is 14.9. The summed E-state index contributed by atoms with van der Waals surface area (Å²) in [6.45, 7) is 42.4. The van der Waals surface area contributed by atoms with Gasteiger partial charge in [-0.1, -0.05) is 61.0 Å². The maximum atomic E-state index is 13.1. The maximum Gasteiger partial charge on any atom is 0.282 e. The minimum atomic E-state index is -2.56. The van der Waals surface area contributed by atoms with Crippen LogP contribution in [0.4, 0.5) is 48.6 Å². The lowest BCUT2D eigenvalue weighted by atomic mass is 9.94. The van der Waals surface area contributed by atoms with Crippen molar-refractivity contribution in [2.24, 2.45) is 21.1 Å². The van der Waals surface area contributed by atoms with E-state index in [1.54, 1.807) is 32.6 Å². The van der Waals surface area contributed by atoms with Crippen LogP contribution in [0.1, 0.15) is 241 Å². The van der Waals surface area contributed by atoms with E-state index in [2.05, 4.69) is 305 Å². The number of hydrogen-bond acceptors (Lipinski definition) is 17. The number of pyridine rings is 3. The number of nitriles is 1. The largest absolute Gasteiger partial charge is 0.481 e. The third kappa shape index (κ3) is 25.4. The molecule has 0 fully saturated rings. The van der Waals surface area contributed by atoms with E-state index in [9.17, 15) is 13.6 Å². The van der Waals surface area contributed by atoms with E-state index in [1.807, 2.05) is 97.8 Å². The van der Waals surface area contributed by atoms with Gasteiger partial charge >= 0.3 is 0 Å². The summed E-state index contributed by atoms with van der Waals surface area (Å²) in [6, 6.07) is 63.7. The summed E-state index contributed by atoms with van der Waals surface area (Å²) in [5.74, 6) is 0.747. The molecule has 0 saturated carbocycles. The van der Waals surface area contributed by atoms with Crippen LogP contribution in [0.3, 0.4) is 0 Å². The van der Waals surface area contributed by atoms with E-state index in [0.29, 0.717) is 71.5 Å². The number of rotatable bonds is 18. The molecule has 8 aliphatic rings. The van der Waals surface area contributed by atoms with Crippen LogP contribution in [0.15, 0.2) is 213 Å². The Hall–Kier alpha value is -13.5. The van der Waals surface area contributed by atoms with Crippen LogP contribution < -0.4 is 39.0 Å². The number of fused-ring (bicyclic) bond motifs is 8. The van der Waals surface area contributed by atoms with E-state index in [4.69, 9.17) is 21.6 Å². The highest BCUT2D eigenvalue weighted by atomic mass is 35.5. The number of ether oxygens (including phenoxy) is 1. The molecule has 24 heteroatoms. The molecule has 15 heterocycles. The van der Waals surface area contributed by atoms with Crippen molar-refractivity contribution in [1.82, 2.24) is 54.1 Å². The zero-order valence-corrected chi connectivity index (χ0v) is 91.4. The number of carbonyl (C=O) groups is 1. The Labute approximate surface area is 882 Å². The van der Waals surface area contributed by atoms with E-state index >= 15 is 0 Å². The fourth-order valence-electron chi connectivity index (χ4n) is 22.3. The van der Waals surface area contributed by atoms with E-state index in [-0.39, 0.29) is 11.5 Å². The predicted octanol–water partition coefficient (Wildman–Crippen LogP) is 27.6. The fraction of sp³-hybridized carbons (Fsp3) is 0.427. The summed E-state index contributed by atoms with van der Waals surface area (Å²) >= 11 is 6.51. The lowest BCUT2D eigenvalue weighted by Crippen LogP contribution is -2.35. The minimum absolute atomic E-state index is 0.0922. The van der Waals surface area contributed by atoms with Crippen LogP contribution in [-0.2, 0) is 79.1 Å². The second kappa shape index (κ2) is 49.1. The highest BCUT2D eigenvalue weighted by molar-refractivity contribution is 6.33. The Morgan fingerprint density at radius 2 is 0.757 bits per heavy atom. The van der Waals surface area contributed by atoms with Gasteiger partial charge in [0.1, 0.15) is 23.2 Å². The van der Waals surface area contributed by atoms with Gasteiger partial charge in [0.25, 0.3) is 6.43 Å². The first-order valence-corrected chi connectivity index (χ1v) is 54.5. The average Bonchev–Trinajstić information content (AvgIpc) is 1.51. The van der Waals surface area contributed by atoms with Crippen LogP contribution in [0.25, 0.3) is 78.0 Å². The second-order valence-electron chi connectivity index (χ2n) is 42.5. The van der Waals surface area contributed by atoms with Crippen LogP contribution >= 0.6 is 11.6 Å². The Morgan fingerprint density at radius 3 is 1.13 bits per heavy atom. The van der Waals surface area contributed by atoms with Crippen molar-refractivity contribution in [3.63, 3.8) is 0 Å². The van der Waals surface area contributed by atoms with Crippen molar-refractivity contribution < 1.29 is 18.3 Å². The average molecular weight is 2010 g/mol. The summed E-state index contributed by atoms with van der Waals surface area (Å²) < 4.78 is 38.7. The number of carbonyl (C=O) groups excluding carboxylic acids is 1. The molecule has 0 amide bonds. The summed E-state index contributed by atoms with van der Waals surface area (Å²) in [5.41, 5.74) is 37.1. The third-order valence-electron chi connectivity index (χ3n) is 30.0. The van der Waals surface area contributed by atoms with Crippen molar-refractivity contribution in [3.8, 4) is 90.0 Å². The van der Waals surface area contributed by atoms with Gasteiger partial charge in [-0.05, 0) is 388 Å². The molecule has 0 aliphatic carbocycles. The number of Topliss-reactive ketones (excluding diaryl/α,β-unsaturated/α-hetero) is 1. The van der Waals surface area contributed by atoms with Gasteiger partial charge in [-0.3, -0.25) is 28.5 Å². The molecular weight excluding hydrogens is 1860 g/mol. The first-order valence-electron chi connectivity index (χ1n) is 54.1. The Balaban J connectivity index is 0.000000123. The van der Waals surface area contributed by atoms with Crippen LogP contribution in [0, 0.1) is 11.3 Å². The van der Waals surface area contributed by atoms with E-state index in [1.165, 1.54) is 206 Å². The van der Waals surface area contributed by atoms with Crippen molar-refractivity contribution in [2.45, 2.75) is 275 Å². The molecule has 148 heavy (non-hydrogen) atoms. The molecule has 0 bridgehead atoms. The first-order chi connectivity index (χ1) is 71.4. The lowest BCUT2D eigenvalue weighted by Gasteiger charge is -2.35. The number of halogens is 3. The molecule has 0 radical (unpaired) electrons. The van der Waals surface area contributed by atoms with E-state index in [0.717, 1.165) is 122 Å². The topological polar surface area (TPSA) is 183 Å². The van der Waals surface area contributed by atoms with Gasteiger partial charge < -0.3 is 39.0 Å². The second-order valence-corrected chi connectivity index (χ2v) is 42.9. The van der Waals surface area contributed by atoms with Crippen LogP contribution in [0.2, 0.25) is 5.02 Å². The molecule has 0 N–H and O–H groups in total. The summed E-state index contributed by atoms with van der Waals surface area (Å²) in [4.78, 5) is 41.8. The van der Waals surface area contributed by atoms with Gasteiger partial charge in [-0.25, -0.2) is 18.7 Å². The number of ketones is 1. The third-order valence-corrected chi connectivity index (χ3v) is 30.3. The molecule has 8 aliphatic heterocycles. The number of aryl methyl sites for hydroxylation is 11. The van der Waals surface area contributed by atoms with Gasteiger partial charge in [0.05, 0.1) is 30.2 Å². The molecule has 0 saturated heterocycles. The summed E-state index contributed by atoms with van der Waals surface area (Å²) in [7, 11) is 7.20. The number of alkyl halides is 2. The molecule has 0 unspecified atom stereocenters. The van der Waals surface area contributed by atoms with Crippen molar-refractivity contribution >= 4 is 57.2 Å². The molecule has 776 valence electrons. The summed E-state index contributed by atoms with van der Waals surface area (Å²) in [5, 5.41) is 26.8. The quantitative estimate of drug-likeness (QED) is 0.0739. The molecular formula is C124H152ClF2N19O2. The highest BCUT2D eigenvalue weighted by Gasteiger charge is 2.31. The molecule has 0 atom stereocenters. The van der Waals surface area contributed by atoms with Crippen LogP contribution in [-0.4, -0.2) is 155 Å². The molecule has 0 spiro atoms. The highest BCUT2D eigenvalue weighted by Crippen LogP contribution is 2.44.